The van der Waals surface area contributed by atoms with Crippen molar-refractivity contribution < 1.29 is 19.1 Å². The van der Waals surface area contributed by atoms with E-state index in [-0.39, 0.29) is 25.0 Å². The molecule has 1 aliphatic heterocycles. The molecule has 1 saturated heterocycles. The number of nitrogens with two attached hydrogens (primary N) is 1. The molecule has 134 valence electrons. The summed E-state index contributed by atoms with van der Waals surface area (Å²) in [6.45, 7) is 3.90. The number of amides is 3. The fourth-order valence-electron chi connectivity index (χ4n) is 2.49. The average Bonchev–Trinajstić information content (AvgIpc) is 2.58. The highest BCUT2D eigenvalue weighted by atomic mass is 16.5. The van der Waals surface area contributed by atoms with Gasteiger partial charge in [0.25, 0.3) is 0 Å². The Morgan fingerprint density at radius 2 is 2.08 bits per heavy atom. The van der Waals surface area contributed by atoms with Gasteiger partial charge in [-0.25, -0.2) is 4.79 Å². The van der Waals surface area contributed by atoms with Gasteiger partial charge in [0, 0.05) is 17.9 Å². The smallest absolute Gasteiger partial charge is 0.408 e. The van der Waals surface area contributed by atoms with Gasteiger partial charge in [-0.3, -0.25) is 9.59 Å². The van der Waals surface area contributed by atoms with Gasteiger partial charge in [-0.05, 0) is 37.1 Å². The SMILES string of the molecule is C=CCOC(=O)N[C@H]1CCCN(CC(=O)Nc2ccc(N)cc2)C1=O. The van der Waals surface area contributed by atoms with Crippen LogP contribution >= 0.6 is 0 Å². The van der Waals surface area contributed by atoms with Crippen LogP contribution in [0.3, 0.4) is 0 Å². The quantitative estimate of drug-likeness (QED) is 0.527. The van der Waals surface area contributed by atoms with E-state index in [0.29, 0.717) is 30.8 Å². The Morgan fingerprint density at radius 1 is 1.36 bits per heavy atom. The number of anilines is 2. The first kappa shape index (κ1) is 18.3. The highest BCUT2D eigenvalue weighted by Gasteiger charge is 2.31. The molecule has 8 heteroatoms. The van der Waals surface area contributed by atoms with Gasteiger partial charge in [0.05, 0.1) is 6.54 Å². The van der Waals surface area contributed by atoms with E-state index >= 15 is 0 Å². The number of nitrogens with one attached hydrogen (secondary N) is 2. The molecule has 0 unspecified atom stereocenters. The minimum Gasteiger partial charge on any atom is -0.445 e. The fraction of sp³-hybridized carbons (Fsp3) is 0.353. The average molecular weight is 346 g/mol. The van der Waals surface area contributed by atoms with E-state index in [9.17, 15) is 14.4 Å². The van der Waals surface area contributed by atoms with E-state index in [1.807, 2.05) is 0 Å². The topological polar surface area (TPSA) is 114 Å². The number of nitrogens with zero attached hydrogens (tertiary/aromatic N) is 1. The molecule has 0 spiro atoms. The fourth-order valence-corrected chi connectivity index (χ4v) is 2.49. The first-order chi connectivity index (χ1) is 12.0. The maximum atomic E-state index is 12.4. The molecule has 4 N–H and O–H groups in total. The van der Waals surface area contributed by atoms with Crippen molar-refractivity contribution in [3.8, 4) is 0 Å². The minimum absolute atomic E-state index is 0.0699. The second kappa shape index (κ2) is 8.72. The van der Waals surface area contributed by atoms with E-state index < -0.39 is 12.1 Å². The number of rotatable bonds is 6. The summed E-state index contributed by atoms with van der Waals surface area (Å²) in [5, 5.41) is 5.23. The van der Waals surface area contributed by atoms with Gasteiger partial charge in [0.2, 0.25) is 11.8 Å². The lowest BCUT2D eigenvalue weighted by atomic mass is 10.1. The molecule has 1 aromatic rings. The molecular formula is C17H22N4O4. The number of hydrogen-bond donors (Lipinski definition) is 3. The van der Waals surface area contributed by atoms with Crippen LogP contribution in [0.2, 0.25) is 0 Å². The number of alkyl carbamates (subject to hydrolysis) is 1. The second-order valence-electron chi connectivity index (χ2n) is 5.66. The van der Waals surface area contributed by atoms with Crippen molar-refractivity contribution >= 4 is 29.3 Å². The molecule has 1 atom stereocenters. The summed E-state index contributed by atoms with van der Waals surface area (Å²) in [5.41, 5.74) is 6.80. The third kappa shape index (κ3) is 5.52. The van der Waals surface area contributed by atoms with Gasteiger partial charge < -0.3 is 26.0 Å². The normalized spacial score (nSPS) is 16.9. The molecule has 1 aromatic carbocycles. The molecule has 0 aromatic heterocycles. The number of piperidine rings is 1. The summed E-state index contributed by atoms with van der Waals surface area (Å²) in [6.07, 6.45) is 1.97. The Bertz CT molecular complexity index is 645. The molecule has 3 amide bonds. The maximum absolute atomic E-state index is 12.4. The van der Waals surface area contributed by atoms with Crippen molar-refractivity contribution in [1.29, 1.82) is 0 Å². The first-order valence-corrected chi connectivity index (χ1v) is 7.98. The summed E-state index contributed by atoms with van der Waals surface area (Å²) in [6, 6.07) is 6.04. The van der Waals surface area contributed by atoms with E-state index in [0.717, 1.165) is 0 Å². The zero-order valence-electron chi connectivity index (χ0n) is 13.9. The molecule has 1 heterocycles. The molecule has 1 fully saturated rings. The summed E-state index contributed by atoms with van der Waals surface area (Å²) in [7, 11) is 0. The molecule has 1 aliphatic rings. The third-order valence-electron chi connectivity index (χ3n) is 3.68. The maximum Gasteiger partial charge on any atom is 0.408 e. The summed E-state index contributed by atoms with van der Waals surface area (Å²) in [4.78, 5) is 37.5. The molecule has 25 heavy (non-hydrogen) atoms. The van der Waals surface area contributed by atoms with Gasteiger partial charge >= 0.3 is 6.09 Å². The van der Waals surface area contributed by atoms with Crippen molar-refractivity contribution in [2.45, 2.75) is 18.9 Å². The lowest BCUT2D eigenvalue weighted by Gasteiger charge is -2.31. The third-order valence-corrected chi connectivity index (χ3v) is 3.68. The molecule has 0 bridgehead atoms. The van der Waals surface area contributed by atoms with Crippen LogP contribution in [0.4, 0.5) is 16.2 Å². The van der Waals surface area contributed by atoms with Gasteiger partial charge in [0.1, 0.15) is 12.6 Å². The van der Waals surface area contributed by atoms with Crippen LogP contribution in [0.15, 0.2) is 36.9 Å². The van der Waals surface area contributed by atoms with E-state index in [4.69, 9.17) is 10.5 Å². The number of ether oxygens (including phenoxy) is 1. The molecule has 8 nitrogen and oxygen atoms in total. The van der Waals surface area contributed by atoms with Gasteiger partial charge in [0.15, 0.2) is 0 Å². The number of nitrogen functional groups attached to an aromatic ring is 1. The van der Waals surface area contributed by atoms with E-state index in [2.05, 4.69) is 17.2 Å². The van der Waals surface area contributed by atoms with Gasteiger partial charge in [-0.15, -0.1) is 0 Å². The largest absolute Gasteiger partial charge is 0.445 e. The van der Waals surface area contributed by atoms with Crippen LogP contribution < -0.4 is 16.4 Å². The van der Waals surface area contributed by atoms with Crippen molar-refractivity contribution in [3.63, 3.8) is 0 Å². The standard InChI is InChI=1S/C17H22N4O4/c1-2-10-25-17(24)20-14-4-3-9-21(16(14)23)11-15(22)19-13-7-5-12(18)6-8-13/h2,5-8,14H,1,3-4,9-11,18H2,(H,19,22)(H,20,24)/t14-/m0/s1. The van der Waals surface area contributed by atoms with Gasteiger partial charge in [-0.2, -0.15) is 0 Å². The predicted molar refractivity (Wildman–Crippen MR) is 93.8 cm³/mol. The van der Waals surface area contributed by atoms with E-state index in [1.54, 1.807) is 24.3 Å². The Labute approximate surface area is 146 Å². The van der Waals surface area contributed by atoms with Crippen molar-refractivity contribution in [2.24, 2.45) is 0 Å². The Balaban J connectivity index is 1.87. The number of benzene rings is 1. The van der Waals surface area contributed by atoms with Crippen LogP contribution in [0, 0.1) is 0 Å². The Kier molecular flexibility index (Phi) is 6.39. The zero-order chi connectivity index (χ0) is 18.2. The van der Waals surface area contributed by atoms with Crippen molar-refractivity contribution in [2.75, 3.05) is 30.7 Å². The number of carbonyl (C=O) groups is 3. The Morgan fingerprint density at radius 3 is 2.76 bits per heavy atom. The van der Waals surface area contributed by atoms with Crippen LogP contribution in [-0.2, 0) is 14.3 Å². The van der Waals surface area contributed by atoms with Gasteiger partial charge in [-0.1, -0.05) is 12.7 Å². The lowest BCUT2D eigenvalue weighted by molar-refractivity contribution is -0.138. The van der Waals surface area contributed by atoms with Crippen LogP contribution in [0.5, 0.6) is 0 Å². The van der Waals surface area contributed by atoms with Crippen LogP contribution in [0.1, 0.15) is 12.8 Å². The van der Waals surface area contributed by atoms with E-state index in [1.165, 1.54) is 11.0 Å². The predicted octanol–water partition coefficient (Wildman–Crippen LogP) is 1.11. The number of carbonyl (C=O) groups excluding carboxylic acids is 3. The van der Waals surface area contributed by atoms with Crippen LogP contribution in [-0.4, -0.2) is 48.5 Å². The number of hydrogen-bond acceptors (Lipinski definition) is 5. The van der Waals surface area contributed by atoms with Crippen LogP contribution in [0.25, 0.3) is 0 Å². The molecule has 0 radical (unpaired) electrons. The zero-order valence-corrected chi connectivity index (χ0v) is 13.9. The Hall–Kier alpha value is -3.03. The number of likely N-dealkylation sites (tertiary alicyclic amines) is 1. The molecule has 0 aliphatic carbocycles. The highest BCUT2D eigenvalue weighted by molar-refractivity contribution is 5.96. The molecule has 2 rings (SSSR count). The summed E-state index contributed by atoms with van der Waals surface area (Å²) < 4.78 is 4.82. The summed E-state index contributed by atoms with van der Waals surface area (Å²) in [5.74, 6) is -0.609. The molecule has 0 saturated carbocycles. The van der Waals surface area contributed by atoms with Crippen molar-refractivity contribution in [3.05, 3.63) is 36.9 Å². The van der Waals surface area contributed by atoms with Crippen molar-refractivity contribution in [1.82, 2.24) is 10.2 Å². The first-order valence-electron chi connectivity index (χ1n) is 7.98. The molecular weight excluding hydrogens is 324 g/mol. The lowest BCUT2D eigenvalue weighted by Crippen LogP contribution is -2.53. The minimum atomic E-state index is -0.685. The monoisotopic (exact) mass is 346 g/mol. The highest BCUT2D eigenvalue weighted by Crippen LogP contribution is 2.14. The summed E-state index contributed by atoms with van der Waals surface area (Å²) >= 11 is 0. The second-order valence-corrected chi connectivity index (χ2v) is 5.66.